The summed E-state index contributed by atoms with van der Waals surface area (Å²) in [6.07, 6.45) is 2.96. The Kier molecular flexibility index (Phi) is 3.41. The number of thiophene rings is 1. The van der Waals surface area contributed by atoms with Crippen molar-refractivity contribution >= 4 is 33.0 Å². The highest BCUT2D eigenvalue weighted by Gasteiger charge is 2.19. The van der Waals surface area contributed by atoms with Gasteiger partial charge in [0, 0.05) is 16.2 Å². The Morgan fingerprint density at radius 1 is 1.32 bits per heavy atom. The van der Waals surface area contributed by atoms with Crippen LogP contribution >= 0.6 is 27.3 Å². The lowest BCUT2D eigenvalue weighted by Gasteiger charge is -2.10. The van der Waals surface area contributed by atoms with E-state index >= 15 is 0 Å². The second-order valence-electron chi connectivity index (χ2n) is 4.60. The van der Waals surface area contributed by atoms with Crippen molar-refractivity contribution in [1.29, 1.82) is 0 Å². The molecule has 3 nitrogen and oxygen atoms in total. The van der Waals surface area contributed by atoms with Crippen LogP contribution in [-0.4, -0.2) is 10.4 Å². The van der Waals surface area contributed by atoms with E-state index in [4.69, 9.17) is 0 Å². The summed E-state index contributed by atoms with van der Waals surface area (Å²) in [6.45, 7) is 0.140. The van der Waals surface area contributed by atoms with Gasteiger partial charge in [-0.3, -0.25) is 9.59 Å². The summed E-state index contributed by atoms with van der Waals surface area (Å²) in [7, 11) is 0. The molecule has 1 aliphatic carbocycles. The molecule has 2 heterocycles. The molecule has 1 aliphatic rings. The number of rotatable bonds is 3. The van der Waals surface area contributed by atoms with Gasteiger partial charge in [0.25, 0.3) is 5.56 Å². The van der Waals surface area contributed by atoms with E-state index in [1.54, 1.807) is 10.6 Å². The molecule has 0 unspecified atom stereocenters. The molecule has 0 saturated heterocycles. The summed E-state index contributed by atoms with van der Waals surface area (Å²) < 4.78 is 2.44. The summed E-state index contributed by atoms with van der Waals surface area (Å²) in [5, 5.41) is 1.87. The minimum absolute atomic E-state index is 0.00993. The van der Waals surface area contributed by atoms with E-state index in [9.17, 15) is 9.59 Å². The minimum Gasteiger partial charge on any atom is -0.305 e. The topological polar surface area (TPSA) is 39.1 Å². The smallest absolute Gasteiger partial charge is 0.251 e. The zero-order valence-electron chi connectivity index (χ0n) is 10.2. The first-order chi connectivity index (χ1) is 9.16. The van der Waals surface area contributed by atoms with Crippen LogP contribution < -0.4 is 5.56 Å². The van der Waals surface area contributed by atoms with E-state index in [1.165, 1.54) is 16.9 Å². The first-order valence-corrected chi connectivity index (χ1v) is 7.82. The van der Waals surface area contributed by atoms with Crippen molar-refractivity contribution in [2.24, 2.45) is 0 Å². The summed E-state index contributed by atoms with van der Waals surface area (Å²) in [4.78, 5) is 24.9. The average molecular weight is 338 g/mol. The molecule has 0 saturated carbocycles. The van der Waals surface area contributed by atoms with Crippen LogP contribution in [0.1, 0.15) is 27.3 Å². The number of nitrogens with zero attached hydrogens (tertiary/aromatic N) is 1. The number of pyridine rings is 1. The van der Waals surface area contributed by atoms with Gasteiger partial charge in [0.1, 0.15) is 0 Å². The number of fused-ring (bicyclic) bond motifs is 1. The van der Waals surface area contributed by atoms with Crippen molar-refractivity contribution in [3.63, 3.8) is 0 Å². The minimum atomic E-state index is -0.0818. The highest BCUT2D eigenvalue weighted by Crippen LogP contribution is 2.24. The summed E-state index contributed by atoms with van der Waals surface area (Å²) >= 11 is 4.77. The zero-order valence-corrected chi connectivity index (χ0v) is 12.6. The number of hydrogen-bond donors (Lipinski definition) is 0. The summed E-state index contributed by atoms with van der Waals surface area (Å²) in [6, 6.07) is 5.32. The van der Waals surface area contributed by atoms with Crippen LogP contribution in [0.4, 0.5) is 0 Å². The Hall–Kier alpha value is -1.20. The predicted molar refractivity (Wildman–Crippen MR) is 79.1 cm³/mol. The molecule has 0 radical (unpaired) electrons. The van der Waals surface area contributed by atoms with E-state index in [0.29, 0.717) is 4.88 Å². The molecule has 0 amide bonds. The molecule has 98 valence electrons. The van der Waals surface area contributed by atoms with Crippen LogP contribution in [0.5, 0.6) is 0 Å². The van der Waals surface area contributed by atoms with Crippen molar-refractivity contribution in [2.45, 2.75) is 25.8 Å². The molecule has 0 spiro atoms. The van der Waals surface area contributed by atoms with Crippen LogP contribution in [0.2, 0.25) is 0 Å². The van der Waals surface area contributed by atoms with Gasteiger partial charge in [-0.15, -0.1) is 11.3 Å². The number of halogens is 1. The van der Waals surface area contributed by atoms with Crippen LogP contribution in [0.15, 0.2) is 32.8 Å². The third kappa shape index (κ3) is 2.32. The van der Waals surface area contributed by atoms with Gasteiger partial charge in [-0.05, 0) is 52.2 Å². The fourth-order valence-corrected chi connectivity index (χ4v) is 4.04. The highest BCUT2D eigenvalue weighted by molar-refractivity contribution is 9.10. The second-order valence-corrected chi connectivity index (χ2v) is 6.37. The summed E-state index contributed by atoms with van der Waals surface area (Å²) in [5.74, 6) is -0.00993. The Morgan fingerprint density at radius 2 is 2.16 bits per heavy atom. The van der Waals surface area contributed by atoms with E-state index in [1.807, 2.05) is 17.5 Å². The van der Waals surface area contributed by atoms with Crippen LogP contribution in [0.3, 0.4) is 0 Å². The first-order valence-electron chi connectivity index (χ1n) is 6.14. The van der Waals surface area contributed by atoms with Crippen molar-refractivity contribution in [3.05, 3.63) is 54.5 Å². The third-order valence-corrected chi connectivity index (χ3v) is 5.30. The molecule has 0 N–H and O–H groups in total. The number of Topliss-reactive ketones (excluding diaryl/α,β-unsaturated/α-hetero) is 1. The van der Waals surface area contributed by atoms with Gasteiger partial charge < -0.3 is 4.57 Å². The van der Waals surface area contributed by atoms with Gasteiger partial charge in [0.05, 0.1) is 11.4 Å². The molecular weight excluding hydrogens is 326 g/mol. The fraction of sp³-hybridized carbons (Fsp3) is 0.286. The van der Waals surface area contributed by atoms with E-state index in [0.717, 1.165) is 29.4 Å². The quantitative estimate of drug-likeness (QED) is 0.807. The SMILES string of the molecule is O=C(Cn1c2c(ccc1=O)CCC2)c1sccc1Br. The van der Waals surface area contributed by atoms with E-state index in [-0.39, 0.29) is 17.9 Å². The van der Waals surface area contributed by atoms with Crippen molar-refractivity contribution in [3.8, 4) is 0 Å². The largest absolute Gasteiger partial charge is 0.305 e. The Labute approximate surface area is 123 Å². The molecule has 0 atom stereocenters. The van der Waals surface area contributed by atoms with E-state index in [2.05, 4.69) is 15.9 Å². The van der Waals surface area contributed by atoms with Gasteiger partial charge in [-0.25, -0.2) is 0 Å². The number of carbonyl (C=O) groups is 1. The Balaban J connectivity index is 1.97. The van der Waals surface area contributed by atoms with Gasteiger partial charge in [0.15, 0.2) is 5.78 Å². The maximum Gasteiger partial charge on any atom is 0.251 e. The standard InChI is InChI=1S/C14H12BrNO2S/c15-10-6-7-19-14(10)12(17)8-16-11-3-1-2-9(11)4-5-13(16)18/h4-7H,1-3,8H2. The molecule has 0 bridgehead atoms. The van der Waals surface area contributed by atoms with Crippen molar-refractivity contribution in [1.82, 2.24) is 4.57 Å². The van der Waals surface area contributed by atoms with Crippen LogP contribution in [0, 0.1) is 0 Å². The maximum atomic E-state index is 12.3. The van der Waals surface area contributed by atoms with Gasteiger partial charge >= 0.3 is 0 Å². The third-order valence-electron chi connectivity index (χ3n) is 3.42. The fourth-order valence-electron chi connectivity index (χ4n) is 2.52. The number of aromatic nitrogens is 1. The molecule has 2 aromatic heterocycles. The Morgan fingerprint density at radius 3 is 2.89 bits per heavy atom. The average Bonchev–Trinajstić information content (AvgIpc) is 3.01. The summed E-state index contributed by atoms with van der Waals surface area (Å²) in [5.41, 5.74) is 2.16. The molecule has 0 aliphatic heterocycles. The molecule has 19 heavy (non-hydrogen) atoms. The monoisotopic (exact) mass is 337 g/mol. The lowest BCUT2D eigenvalue weighted by Crippen LogP contribution is -2.26. The number of carbonyl (C=O) groups excluding carboxylic acids is 1. The molecule has 0 fully saturated rings. The van der Waals surface area contributed by atoms with Crippen LogP contribution in [-0.2, 0) is 19.4 Å². The molecule has 3 rings (SSSR count). The molecule has 2 aromatic rings. The normalized spacial score (nSPS) is 13.5. The predicted octanol–water partition coefficient (Wildman–Crippen LogP) is 3.04. The number of ketones is 1. The maximum absolute atomic E-state index is 12.3. The number of aryl methyl sites for hydroxylation is 1. The number of hydrogen-bond acceptors (Lipinski definition) is 3. The van der Waals surface area contributed by atoms with Gasteiger partial charge in [-0.1, -0.05) is 6.07 Å². The lowest BCUT2D eigenvalue weighted by atomic mass is 10.2. The molecular formula is C14H12BrNO2S. The Bertz CT molecular complexity index is 702. The van der Waals surface area contributed by atoms with Crippen LogP contribution in [0.25, 0.3) is 0 Å². The van der Waals surface area contributed by atoms with Gasteiger partial charge in [-0.2, -0.15) is 0 Å². The lowest BCUT2D eigenvalue weighted by molar-refractivity contribution is 0.0973. The molecule has 0 aromatic carbocycles. The van der Waals surface area contributed by atoms with Crippen molar-refractivity contribution in [2.75, 3.05) is 0 Å². The van der Waals surface area contributed by atoms with Crippen molar-refractivity contribution < 1.29 is 4.79 Å². The second kappa shape index (κ2) is 5.06. The van der Waals surface area contributed by atoms with E-state index < -0.39 is 0 Å². The van der Waals surface area contributed by atoms with Gasteiger partial charge in [0.2, 0.25) is 0 Å². The molecule has 5 heteroatoms. The first kappa shape index (κ1) is 12.8. The zero-order chi connectivity index (χ0) is 13.4. The highest BCUT2D eigenvalue weighted by atomic mass is 79.9.